The number of sulfonamides is 1. The van der Waals surface area contributed by atoms with Crippen molar-refractivity contribution in [1.29, 1.82) is 0 Å². The Balaban J connectivity index is 1.92. The van der Waals surface area contributed by atoms with Crippen LogP contribution < -0.4 is 10.6 Å². The number of carbonyl (C=O) groups excluding carboxylic acids is 2. The third-order valence-corrected chi connectivity index (χ3v) is 6.63. The van der Waals surface area contributed by atoms with E-state index in [2.05, 4.69) is 10.6 Å². The molecule has 7 nitrogen and oxygen atoms in total. The standard InChI is InChI=1S/C22H29N3O4S/c1-4-17(2)23-22(27)19-13-8-9-14-20(19)24-21(26)15-10-16-25(3)30(28,29)18-11-6-5-7-12-18/h5-9,11-14,17H,4,10,15-16H2,1-3H3,(H,23,27)(H,24,26)/t17-/m1/s1. The summed E-state index contributed by atoms with van der Waals surface area (Å²) in [6, 6.07) is 15.0. The summed E-state index contributed by atoms with van der Waals surface area (Å²) < 4.78 is 26.3. The largest absolute Gasteiger partial charge is 0.350 e. The van der Waals surface area contributed by atoms with Crippen molar-refractivity contribution in [2.75, 3.05) is 18.9 Å². The Morgan fingerprint density at radius 2 is 1.67 bits per heavy atom. The van der Waals surface area contributed by atoms with E-state index in [4.69, 9.17) is 0 Å². The van der Waals surface area contributed by atoms with E-state index in [1.54, 1.807) is 54.6 Å². The number of rotatable bonds is 10. The summed E-state index contributed by atoms with van der Waals surface area (Å²) in [5.41, 5.74) is 0.837. The SMILES string of the molecule is CC[C@@H](C)NC(=O)c1ccccc1NC(=O)CCCN(C)S(=O)(=O)c1ccccc1. The molecule has 0 aliphatic heterocycles. The molecule has 0 fully saturated rings. The second-order valence-corrected chi connectivity index (χ2v) is 9.16. The maximum absolute atomic E-state index is 12.5. The summed E-state index contributed by atoms with van der Waals surface area (Å²) >= 11 is 0. The molecule has 2 aromatic carbocycles. The first kappa shape index (κ1) is 23.6. The first-order chi connectivity index (χ1) is 14.3. The zero-order valence-electron chi connectivity index (χ0n) is 17.6. The Morgan fingerprint density at radius 3 is 2.33 bits per heavy atom. The van der Waals surface area contributed by atoms with Gasteiger partial charge >= 0.3 is 0 Å². The lowest BCUT2D eigenvalue weighted by Crippen LogP contribution is -2.32. The lowest BCUT2D eigenvalue weighted by atomic mass is 10.1. The molecule has 2 aromatic rings. The summed E-state index contributed by atoms with van der Waals surface area (Å²) in [5, 5.41) is 5.65. The van der Waals surface area contributed by atoms with Crippen LogP contribution in [0, 0.1) is 0 Å². The predicted molar refractivity (Wildman–Crippen MR) is 118 cm³/mol. The second kappa shape index (κ2) is 10.9. The van der Waals surface area contributed by atoms with Crippen LogP contribution in [0.1, 0.15) is 43.5 Å². The van der Waals surface area contributed by atoms with E-state index >= 15 is 0 Å². The van der Waals surface area contributed by atoms with Crippen LogP contribution in [-0.2, 0) is 14.8 Å². The highest BCUT2D eigenvalue weighted by molar-refractivity contribution is 7.89. The molecule has 0 saturated heterocycles. The van der Waals surface area contributed by atoms with Gasteiger partial charge in [-0.3, -0.25) is 9.59 Å². The van der Waals surface area contributed by atoms with Gasteiger partial charge in [-0.15, -0.1) is 0 Å². The number of hydrogen-bond acceptors (Lipinski definition) is 4. The summed E-state index contributed by atoms with van der Waals surface area (Å²) in [7, 11) is -2.08. The van der Waals surface area contributed by atoms with Crippen molar-refractivity contribution in [2.45, 2.75) is 44.0 Å². The number of amides is 2. The number of nitrogens with zero attached hydrogens (tertiary/aromatic N) is 1. The summed E-state index contributed by atoms with van der Waals surface area (Å²) in [6.45, 7) is 4.10. The van der Waals surface area contributed by atoms with Gasteiger partial charge in [-0.2, -0.15) is 0 Å². The van der Waals surface area contributed by atoms with E-state index in [1.807, 2.05) is 13.8 Å². The van der Waals surface area contributed by atoms with Gasteiger partial charge in [-0.1, -0.05) is 37.3 Å². The first-order valence-electron chi connectivity index (χ1n) is 9.96. The predicted octanol–water partition coefficient (Wildman–Crippen LogP) is 3.25. The Morgan fingerprint density at radius 1 is 1.03 bits per heavy atom. The fourth-order valence-corrected chi connectivity index (χ4v) is 3.99. The van der Waals surface area contributed by atoms with Gasteiger partial charge in [-0.05, 0) is 44.0 Å². The second-order valence-electron chi connectivity index (χ2n) is 7.12. The van der Waals surface area contributed by atoms with Gasteiger partial charge < -0.3 is 10.6 Å². The van der Waals surface area contributed by atoms with Gasteiger partial charge in [0.15, 0.2) is 0 Å². The lowest BCUT2D eigenvalue weighted by Gasteiger charge is -2.17. The number of benzene rings is 2. The number of hydrogen-bond donors (Lipinski definition) is 2. The number of para-hydroxylation sites is 1. The van der Waals surface area contributed by atoms with Gasteiger partial charge in [0.1, 0.15) is 0 Å². The van der Waals surface area contributed by atoms with Gasteiger partial charge in [0.2, 0.25) is 15.9 Å². The molecule has 0 heterocycles. The van der Waals surface area contributed by atoms with Crippen LogP contribution in [-0.4, -0.2) is 44.2 Å². The maximum atomic E-state index is 12.5. The van der Waals surface area contributed by atoms with Crippen LogP contribution in [0.4, 0.5) is 5.69 Å². The molecule has 0 unspecified atom stereocenters. The molecule has 162 valence electrons. The number of nitrogens with one attached hydrogen (secondary N) is 2. The van der Waals surface area contributed by atoms with Crippen LogP contribution in [0.5, 0.6) is 0 Å². The molecule has 2 amide bonds. The van der Waals surface area contributed by atoms with Crippen molar-refractivity contribution >= 4 is 27.5 Å². The van der Waals surface area contributed by atoms with E-state index in [0.717, 1.165) is 6.42 Å². The van der Waals surface area contributed by atoms with Gasteiger partial charge in [0.05, 0.1) is 16.1 Å². The third kappa shape index (κ3) is 6.40. The fraction of sp³-hybridized carbons (Fsp3) is 0.364. The molecule has 0 aromatic heterocycles. The normalized spacial score (nSPS) is 12.4. The van der Waals surface area contributed by atoms with Gasteiger partial charge in [0.25, 0.3) is 5.91 Å². The van der Waals surface area contributed by atoms with Crippen molar-refractivity contribution < 1.29 is 18.0 Å². The molecule has 2 rings (SSSR count). The minimum absolute atomic E-state index is 0.0309. The smallest absolute Gasteiger partial charge is 0.253 e. The minimum atomic E-state index is -3.58. The molecule has 0 saturated carbocycles. The monoisotopic (exact) mass is 431 g/mol. The van der Waals surface area contributed by atoms with Crippen LogP contribution in [0.15, 0.2) is 59.5 Å². The van der Waals surface area contributed by atoms with Gasteiger partial charge in [-0.25, -0.2) is 12.7 Å². The molecular weight excluding hydrogens is 402 g/mol. The molecule has 30 heavy (non-hydrogen) atoms. The van der Waals surface area contributed by atoms with E-state index in [-0.39, 0.29) is 35.7 Å². The first-order valence-corrected chi connectivity index (χ1v) is 11.4. The summed E-state index contributed by atoms with van der Waals surface area (Å²) in [4.78, 5) is 25.0. The topological polar surface area (TPSA) is 95.6 Å². The van der Waals surface area contributed by atoms with Crippen LogP contribution in [0.25, 0.3) is 0 Å². The molecule has 0 aliphatic rings. The zero-order valence-corrected chi connectivity index (χ0v) is 18.4. The average molecular weight is 432 g/mol. The van der Waals surface area contributed by atoms with E-state index in [0.29, 0.717) is 17.7 Å². The molecule has 0 spiro atoms. The minimum Gasteiger partial charge on any atom is -0.350 e. The van der Waals surface area contributed by atoms with Crippen molar-refractivity contribution in [3.63, 3.8) is 0 Å². The third-order valence-electron chi connectivity index (χ3n) is 4.76. The van der Waals surface area contributed by atoms with Crippen LogP contribution in [0.3, 0.4) is 0 Å². The van der Waals surface area contributed by atoms with E-state index in [9.17, 15) is 18.0 Å². The van der Waals surface area contributed by atoms with E-state index in [1.165, 1.54) is 11.4 Å². The number of carbonyl (C=O) groups is 2. The van der Waals surface area contributed by atoms with Gasteiger partial charge in [0, 0.05) is 26.1 Å². The molecule has 1 atom stereocenters. The molecular formula is C22H29N3O4S. The molecule has 0 radical (unpaired) electrons. The lowest BCUT2D eigenvalue weighted by molar-refractivity contribution is -0.116. The Bertz CT molecular complexity index is 961. The van der Waals surface area contributed by atoms with Crippen molar-refractivity contribution in [3.8, 4) is 0 Å². The fourth-order valence-electron chi connectivity index (χ4n) is 2.76. The quantitative estimate of drug-likeness (QED) is 0.604. The Kier molecular flexibility index (Phi) is 8.56. The Labute approximate surface area is 178 Å². The average Bonchev–Trinajstić information content (AvgIpc) is 2.74. The van der Waals surface area contributed by atoms with E-state index < -0.39 is 10.0 Å². The molecule has 0 bridgehead atoms. The van der Waals surface area contributed by atoms with Crippen LogP contribution >= 0.6 is 0 Å². The molecule has 8 heteroatoms. The highest BCUT2D eigenvalue weighted by atomic mass is 32.2. The zero-order chi connectivity index (χ0) is 22.1. The molecule has 2 N–H and O–H groups in total. The van der Waals surface area contributed by atoms with Crippen LogP contribution in [0.2, 0.25) is 0 Å². The maximum Gasteiger partial charge on any atom is 0.253 e. The number of anilines is 1. The van der Waals surface area contributed by atoms with Crippen molar-refractivity contribution in [3.05, 3.63) is 60.2 Å². The highest BCUT2D eigenvalue weighted by Crippen LogP contribution is 2.17. The highest BCUT2D eigenvalue weighted by Gasteiger charge is 2.20. The Hall–Kier alpha value is -2.71. The van der Waals surface area contributed by atoms with Crippen molar-refractivity contribution in [1.82, 2.24) is 9.62 Å². The summed E-state index contributed by atoms with van der Waals surface area (Å²) in [6.07, 6.45) is 1.30. The van der Waals surface area contributed by atoms with Crippen molar-refractivity contribution in [2.24, 2.45) is 0 Å². The summed E-state index contributed by atoms with van der Waals surface area (Å²) in [5.74, 6) is -0.516. The molecule has 0 aliphatic carbocycles.